The van der Waals surface area contributed by atoms with Gasteiger partial charge in [0.05, 0.1) is 72.5 Å². The number of hydrogen-bond donors (Lipinski definition) is 0. The Morgan fingerprint density at radius 2 is 1.52 bits per heavy atom. The molecule has 3 unspecified atom stereocenters. The SMILES string of the molecule is COC(=O)C1C(C)=NC(COCCOCCN2C(=O)c3ccccc3C2=O)=C(C(=O)OCC(OC)c2ccccc2)C1c1cccc(Cl)c1Cl. The predicted molar refractivity (Wildman–Crippen MR) is 185 cm³/mol. The van der Waals surface area contributed by atoms with Crippen molar-refractivity contribution >= 4 is 52.7 Å². The summed E-state index contributed by atoms with van der Waals surface area (Å²) in [6, 6.07) is 20.9. The average Bonchev–Trinajstić information content (AvgIpc) is 3.37. The summed E-state index contributed by atoms with van der Waals surface area (Å²) in [5.41, 5.74) is 2.63. The first-order valence-electron chi connectivity index (χ1n) is 15.8. The molecule has 0 fully saturated rings. The summed E-state index contributed by atoms with van der Waals surface area (Å²) < 4.78 is 28.1. The monoisotopic (exact) mass is 722 g/mol. The van der Waals surface area contributed by atoms with E-state index in [1.54, 1.807) is 49.4 Å². The van der Waals surface area contributed by atoms with Gasteiger partial charge in [-0.15, -0.1) is 0 Å². The number of nitrogens with zero attached hydrogens (tertiary/aromatic N) is 2. The molecular weight excluding hydrogens is 687 g/mol. The number of ether oxygens (including phenoxy) is 5. The first-order valence-corrected chi connectivity index (χ1v) is 16.6. The van der Waals surface area contributed by atoms with Gasteiger partial charge in [0.15, 0.2) is 0 Å². The quantitative estimate of drug-likeness (QED) is 0.108. The molecule has 262 valence electrons. The highest BCUT2D eigenvalue weighted by atomic mass is 35.5. The van der Waals surface area contributed by atoms with Gasteiger partial charge in [-0.3, -0.25) is 24.3 Å². The number of imide groups is 1. The van der Waals surface area contributed by atoms with Crippen molar-refractivity contribution in [2.45, 2.75) is 18.9 Å². The molecule has 3 atom stereocenters. The average molecular weight is 724 g/mol. The van der Waals surface area contributed by atoms with E-state index in [0.29, 0.717) is 22.4 Å². The number of carbonyl (C=O) groups is 4. The summed E-state index contributed by atoms with van der Waals surface area (Å²) in [5, 5.41) is 0.402. The fourth-order valence-corrected chi connectivity index (χ4v) is 6.42. The van der Waals surface area contributed by atoms with Crippen LogP contribution in [-0.2, 0) is 33.3 Å². The van der Waals surface area contributed by atoms with Crippen molar-refractivity contribution in [1.82, 2.24) is 4.90 Å². The summed E-state index contributed by atoms with van der Waals surface area (Å²) >= 11 is 13.1. The van der Waals surface area contributed by atoms with Crippen molar-refractivity contribution < 1.29 is 42.9 Å². The van der Waals surface area contributed by atoms with E-state index >= 15 is 0 Å². The van der Waals surface area contributed by atoms with Crippen LogP contribution in [0.4, 0.5) is 0 Å². The van der Waals surface area contributed by atoms with Crippen molar-refractivity contribution in [3.05, 3.63) is 116 Å². The summed E-state index contributed by atoms with van der Waals surface area (Å²) in [6.07, 6.45) is -0.559. The molecule has 3 aromatic rings. The van der Waals surface area contributed by atoms with Crippen LogP contribution in [0.5, 0.6) is 0 Å². The van der Waals surface area contributed by atoms with Crippen LogP contribution in [0.25, 0.3) is 0 Å². The Hall–Kier alpha value is -4.39. The molecule has 0 aliphatic carbocycles. The lowest BCUT2D eigenvalue weighted by molar-refractivity contribution is -0.145. The Morgan fingerprint density at radius 1 is 0.860 bits per heavy atom. The van der Waals surface area contributed by atoms with Gasteiger partial charge in [0.25, 0.3) is 11.8 Å². The van der Waals surface area contributed by atoms with Crippen molar-refractivity contribution in [3.8, 4) is 0 Å². The van der Waals surface area contributed by atoms with Crippen LogP contribution < -0.4 is 0 Å². The molecule has 0 bridgehead atoms. The first kappa shape index (κ1) is 36.9. The van der Waals surface area contributed by atoms with Gasteiger partial charge in [-0.25, -0.2) is 4.79 Å². The molecule has 50 heavy (non-hydrogen) atoms. The zero-order valence-electron chi connectivity index (χ0n) is 27.7. The van der Waals surface area contributed by atoms with Crippen molar-refractivity contribution in [2.75, 3.05) is 53.8 Å². The number of methoxy groups -OCH3 is 2. The van der Waals surface area contributed by atoms with Gasteiger partial charge in [0, 0.05) is 18.7 Å². The smallest absolute Gasteiger partial charge is 0.336 e. The van der Waals surface area contributed by atoms with Crippen LogP contribution in [-0.4, -0.2) is 88.2 Å². The normalized spacial score (nSPS) is 17.8. The Kier molecular flexibility index (Phi) is 12.6. The largest absolute Gasteiger partial charge is 0.468 e. The second-order valence-corrected chi connectivity index (χ2v) is 12.2. The molecule has 0 aromatic heterocycles. The number of aliphatic imine (C=N–C) groups is 1. The maximum atomic E-state index is 14.1. The Balaban J connectivity index is 1.32. The second-order valence-electron chi connectivity index (χ2n) is 11.4. The molecule has 2 amide bonds. The van der Waals surface area contributed by atoms with E-state index in [1.807, 2.05) is 30.3 Å². The van der Waals surface area contributed by atoms with Crippen LogP contribution >= 0.6 is 23.2 Å². The summed E-state index contributed by atoms with van der Waals surface area (Å²) in [6.45, 7) is 1.79. The molecule has 13 heteroatoms. The van der Waals surface area contributed by atoms with E-state index in [9.17, 15) is 19.2 Å². The van der Waals surface area contributed by atoms with Crippen molar-refractivity contribution in [3.63, 3.8) is 0 Å². The predicted octanol–water partition coefficient (Wildman–Crippen LogP) is 5.86. The van der Waals surface area contributed by atoms with E-state index in [2.05, 4.69) is 4.99 Å². The van der Waals surface area contributed by atoms with E-state index in [4.69, 9.17) is 46.9 Å². The highest BCUT2D eigenvalue weighted by Crippen LogP contribution is 2.44. The second kappa shape index (κ2) is 17.0. The lowest BCUT2D eigenvalue weighted by atomic mass is 9.75. The number of esters is 2. The molecule has 3 aromatic carbocycles. The van der Waals surface area contributed by atoms with E-state index in [-0.39, 0.29) is 72.7 Å². The minimum absolute atomic E-state index is 0.0598. The fourth-order valence-electron chi connectivity index (χ4n) is 6.00. The third-order valence-electron chi connectivity index (χ3n) is 8.48. The summed E-state index contributed by atoms with van der Waals surface area (Å²) in [5.74, 6) is -4.07. The highest BCUT2D eigenvalue weighted by Gasteiger charge is 2.44. The van der Waals surface area contributed by atoms with E-state index in [0.717, 1.165) is 10.5 Å². The van der Waals surface area contributed by atoms with Gasteiger partial charge in [-0.05, 0) is 36.2 Å². The van der Waals surface area contributed by atoms with E-state index in [1.165, 1.54) is 14.2 Å². The molecule has 0 N–H and O–H groups in total. The summed E-state index contributed by atoms with van der Waals surface area (Å²) in [4.78, 5) is 58.3. The molecule has 2 heterocycles. The number of hydrogen-bond acceptors (Lipinski definition) is 10. The van der Waals surface area contributed by atoms with Gasteiger partial charge >= 0.3 is 11.9 Å². The molecular formula is C37H36Cl2N2O9. The number of carbonyl (C=O) groups excluding carboxylic acids is 4. The maximum Gasteiger partial charge on any atom is 0.336 e. The zero-order chi connectivity index (χ0) is 35.8. The number of benzene rings is 3. The number of halogens is 2. The minimum atomic E-state index is -1.01. The van der Waals surface area contributed by atoms with Crippen LogP contribution in [0, 0.1) is 5.92 Å². The molecule has 2 aliphatic rings. The van der Waals surface area contributed by atoms with Gasteiger partial charge in [-0.2, -0.15) is 0 Å². The number of rotatable bonds is 15. The summed E-state index contributed by atoms with van der Waals surface area (Å²) in [7, 11) is 2.77. The van der Waals surface area contributed by atoms with Gasteiger partial charge in [0.1, 0.15) is 18.6 Å². The Morgan fingerprint density at radius 3 is 2.18 bits per heavy atom. The molecule has 0 spiro atoms. The number of fused-ring (bicyclic) bond motifs is 1. The van der Waals surface area contributed by atoms with Gasteiger partial charge in [0.2, 0.25) is 0 Å². The highest BCUT2D eigenvalue weighted by molar-refractivity contribution is 6.42. The molecule has 0 saturated heterocycles. The third kappa shape index (κ3) is 7.98. The standard InChI is InChI=1S/C37H36Cl2N2O9/c1-22-30(36(44)47-3)31(26-14-9-15-27(38)33(26)39)32(37(45)50-21-29(46-2)23-10-5-4-6-11-23)28(40-22)20-49-19-18-48-17-16-41-34(42)24-12-7-8-13-25(24)35(41)43/h4-15,29-31H,16-21H2,1-3H3. The molecule has 2 aliphatic heterocycles. The first-order chi connectivity index (χ1) is 24.2. The lowest BCUT2D eigenvalue weighted by Gasteiger charge is -2.32. The van der Waals surface area contributed by atoms with Crippen molar-refractivity contribution in [1.29, 1.82) is 0 Å². The van der Waals surface area contributed by atoms with Crippen LogP contribution in [0.3, 0.4) is 0 Å². The number of amides is 2. The molecule has 0 saturated carbocycles. The van der Waals surface area contributed by atoms with E-state index < -0.39 is 29.9 Å². The Labute approximate surface area is 299 Å². The minimum Gasteiger partial charge on any atom is -0.468 e. The molecule has 11 nitrogen and oxygen atoms in total. The van der Waals surface area contributed by atoms with Crippen LogP contribution in [0.1, 0.15) is 50.8 Å². The van der Waals surface area contributed by atoms with Crippen LogP contribution in [0.2, 0.25) is 10.0 Å². The fraction of sp³-hybridized carbons (Fsp3) is 0.324. The maximum absolute atomic E-state index is 14.1. The third-order valence-corrected chi connectivity index (χ3v) is 9.31. The van der Waals surface area contributed by atoms with Crippen LogP contribution in [0.15, 0.2) is 89.1 Å². The topological polar surface area (TPSA) is 130 Å². The molecule has 0 radical (unpaired) electrons. The Bertz CT molecular complexity index is 1780. The zero-order valence-corrected chi connectivity index (χ0v) is 29.2. The van der Waals surface area contributed by atoms with Gasteiger partial charge in [-0.1, -0.05) is 77.8 Å². The lowest BCUT2D eigenvalue weighted by Crippen LogP contribution is -2.37. The van der Waals surface area contributed by atoms with Gasteiger partial charge < -0.3 is 23.7 Å². The molecule has 5 rings (SSSR count). The van der Waals surface area contributed by atoms with Crippen molar-refractivity contribution in [2.24, 2.45) is 10.9 Å².